The van der Waals surface area contributed by atoms with Gasteiger partial charge in [-0.1, -0.05) is 6.07 Å². The molecule has 2 aromatic rings. The van der Waals surface area contributed by atoms with Gasteiger partial charge < -0.3 is 10.4 Å². The second-order valence-electron chi connectivity index (χ2n) is 4.03. The van der Waals surface area contributed by atoms with Gasteiger partial charge in [-0.2, -0.15) is 0 Å². The molecular formula is C13H14N2O2S. The maximum absolute atomic E-state index is 10.9. The Labute approximate surface area is 109 Å². The number of thiazole rings is 1. The quantitative estimate of drug-likeness (QED) is 0.889. The molecule has 2 N–H and O–H groups in total. The lowest BCUT2D eigenvalue weighted by molar-refractivity contribution is 0.0697. The lowest BCUT2D eigenvalue weighted by Gasteiger charge is -2.09. The van der Waals surface area contributed by atoms with Gasteiger partial charge in [0.05, 0.1) is 17.1 Å². The van der Waals surface area contributed by atoms with E-state index in [9.17, 15) is 4.79 Å². The van der Waals surface area contributed by atoms with Crippen LogP contribution < -0.4 is 5.32 Å². The van der Waals surface area contributed by atoms with Crippen molar-refractivity contribution in [1.29, 1.82) is 0 Å². The van der Waals surface area contributed by atoms with Gasteiger partial charge >= 0.3 is 5.97 Å². The van der Waals surface area contributed by atoms with Gasteiger partial charge in [0, 0.05) is 16.8 Å². The third-order valence-corrected chi connectivity index (χ3v) is 3.52. The molecule has 0 unspecified atom stereocenters. The first-order valence-corrected chi connectivity index (χ1v) is 6.37. The molecule has 94 valence electrons. The first-order valence-electron chi connectivity index (χ1n) is 5.55. The van der Waals surface area contributed by atoms with Gasteiger partial charge in [-0.05, 0) is 31.5 Å². The minimum Gasteiger partial charge on any atom is -0.478 e. The molecule has 5 heteroatoms. The first-order chi connectivity index (χ1) is 8.56. The van der Waals surface area contributed by atoms with E-state index in [1.807, 2.05) is 26.1 Å². The smallest absolute Gasteiger partial charge is 0.335 e. The first kappa shape index (κ1) is 12.6. The summed E-state index contributed by atoms with van der Waals surface area (Å²) in [6, 6.07) is 5.08. The van der Waals surface area contributed by atoms with E-state index in [-0.39, 0.29) is 0 Å². The molecule has 0 saturated carbocycles. The fraction of sp³-hybridized carbons (Fsp3) is 0.231. The summed E-state index contributed by atoms with van der Waals surface area (Å²) in [5.41, 5.74) is 2.17. The van der Waals surface area contributed by atoms with E-state index in [0.717, 1.165) is 21.1 Å². The summed E-state index contributed by atoms with van der Waals surface area (Å²) in [4.78, 5) is 16.2. The maximum atomic E-state index is 10.9. The zero-order valence-electron chi connectivity index (χ0n) is 10.2. The molecule has 0 aliphatic carbocycles. The van der Waals surface area contributed by atoms with Gasteiger partial charge in [-0.3, -0.25) is 0 Å². The number of aromatic carboxylic acids is 1. The van der Waals surface area contributed by atoms with Crippen molar-refractivity contribution in [2.45, 2.75) is 20.4 Å². The second kappa shape index (κ2) is 5.18. The van der Waals surface area contributed by atoms with Crippen LogP contribution in [0, 0.1) is 13.8 Å². The van der Waals surface area contributed by atoms with Crippen LogP contribution in [0.25, 0.3) is 0 Å². The van der Waals surface area contributed by atoms with E-state index in [2.05, 4.69) is 10.3 Å². The number of carboxylic acids is 1. The highest BCUT2D eigenvalue weighted by atomic mass is 32.1. The van der Waals surface area contributed by atoms with Gasteiger partial charge in [0.15, 0.2) is 0 Å². The lowest BCUT2D eigenvalue weighted by atomic mass is 10.1. The molecule has 0 spiro atoms. The number of hydrogen-bond donors (Lipinski definition) is 2. The monoisotopic (exact) mass is 262 g/mol. The Hall–Kier alpha value is -1.88. The lowest BCUT2D eigenvalue weighted by Crippen LogP contribution is -2.03. The van der Waals surface area contributed by atoms with Crippen molar-refractivity contribution in [1.82, 2.24) is 4.98 Å². The predicted octanol–water partition coefficient (Wildman–Crippen LogP) is 3.07. The molecule has 0 fully saturated rings. The van der Waals surface area contributed by atoms with E-state index in [0.29, 0.717) is 12.1 Å². The van der Waals surface area contributed by atoms with Gasteiger partial charge in [0.1, 0.15) is 0 Å². The highest BCUT2D eigenvalue weighted by Crippen LogP contribution is 2.19. The topological polar surface area (TPSA) is 62.2 Å². The third kappa shape index (κ3) is 2.87. The van der Waals surface area contributed by atoms with Crippen molar-refractivity contribution in [2.75, 3.05) is 5.32 Å². The zero-order chi connectivity index (χ0) is 13.1. The number of carbonyl (C=O) groups is 1. The standard InChI is InChI=1S/C13H14N2O2S/c1-8-3-4-10(13(16)17)5-12(8)15-7-11-6-14-9(2)18-11/h3-6,15H,7H2,1-2H3,(H,16,17). The predicted molar refractivity (Wildman–Crippen MR) is 72.3 cm³/mol. The largest absolute Gasteiger partial charge is 0.478 e. The van der Waals surface area contributed by atoms with Crippen molar-refractivity contribution in [3.8, 4) is 0 Å². The van der Waals surface area contributed by atoms with Gasteiger partial charge in [0.2, 0.25) is 0 Å². The summed E-state index contributed by atoms with van der Waals surface area (Å²) in [6.07, 6.45) is 1.84. The van der Waals surface area contributed by atoms with E-state index >= 15 is 0 Å². The molecule has 2 rings (SSSR count). The molecule has 0 bridgehead atoms. The molecule has 1 heterocycles. The number of nitrogens with one attached hydrogen (secondary N) is 1. The van der Waals surface area contributed by atoms with Gasteiger partial charge in [0.25, 0.3) is 0 Å². The Morgan fingerprint density at radius 3 is 2.83 bits per heavy atom. The summed E-state index contributed by atoms with van der Waals surface area (Å²) in [7, 11) is 0. The summed E-state index contributed by atoms with van der Waals surface area (Å²) >= 11 is 1.63. The summed E-state index contributed by atoms with van der Waals surface area (Å²) < 4.78 is 0. The minimum absolute atomic E-state index is 0.295. The fourth-order valence-corrected chi connectivity index (χ4v) is 2.35. The maximum Gasteiger partial charge on any atom is 0.335 e. The van der Waals surface area contributed by atoms with Crippen molar-refractivity contribution in [2.24, 2.45) is 0 Å². The normalized spacial score (nSPS) is 10.3. The van der Waals surface area contributed by atoms with Crippen molar-refractivity contribution < 1.29 is 9.90 Å². The van der Waals surface area contributed by atoms with E-state index in [1.165, 1.54) is 0 Å². The Kier molecular flexibility index (Phi) is 3.62. The zero-order valence-corrected chi connectivity index (χ0v) is 11.0. The Morgan fingerprint density at radius 1 is 1.44 bits per heavy atom. The minimum atomic E-state index is -0.910. The van der Waals surface area contributed by atoms with Crippen molar-refractivity contribution in [3.05, 3.63) is 45.4 Å². The average molecular weight is 262 g/mol. The number of anilines is 1. The number of benzene rings is 1. The van der Waals surface area contributed by atoms with Crippen LogP contribution >= 0.6 is 11.3 Å². The molecule has 18 heavy (non-hydrogen) atoms. The van der Waals surface area contributed by atoms with Crippen LogP contribution in [0.1, 0.15) is 25.8 Å². The van der Waals surface area contributed by atoms with E-state index in [4.69, 9.17) is 5.11 Å². The van der Waals surface area contributed by atoms with Crippen LogP contribution in [-0.2, 0) is 6.54 Å². The number of carboxylic acid groups (broad SMARTS) is 1. The molecule has 0 amide bonds. The summed E-state index contributed by atoms with van der Waals surface area (Å²) in [6.45, 7) is 4.58. The molecule has 0 radical (unpaired) electrons. The molecular weight excluding hydrogens is 248 g/mol. The van der Waals surface area contributed by atoms with Crippen LogP contribution in [-0.4, -0.2) is 16.1 Å². The van der Waals surface area contributed by atoms with Crippen LogP contribution in [0.2, 0.25) is 0 Å². The molecule has 0 atom stereocenters. The average Bonchev–Trinajstić information content (AvgIpc) is 2.74. The fourth-order valence-electron chi connectivity index (χ4n) is 1.61. The van der Waals surface area contributed by atoms with Gasteiger partial charge in [-0.25, -0.2) is 9.78 Å². The molecule has 0 saturated heterocycles. The Bertz CT molecular complexity index is 578. The van der Waals surface area contributed by atoms with Crippen LogP contribution in [0.15, 0.2) is 24.4 Å². The summed E-state index contributed by atoms with van der Waals surface area (Å²) in [5.74, 6) is -0.910. The van der Waals surface area contributed by atoms with Crippen LogP contribution in [0.3, 0.4) is 0 Å². The Morgan fingerprint density at radius 2 is 2.22 bits per heavy atom. The molecule has 0 aliphatic rings. The number of aromatic nitrogens is 1. The second-order valence-corrected chi connectivity index (χ2v) is 5.35. The molecule has 0 aliphatic heterocycles. The number of rotatable bonds is 4. The SMILES string of the molecule is Cc1ncc(CNc2cc(C(=O)O)ccc2C)s1. The summed E-state index contributed by atoms with van der Waals surface area (Å²) in [5, 5.41) is 13.2. The molecule has 1 aromatic heterocycles. The van der Waals surface area contributed by atoms with Crippen LogP contribution in [0.4, 0.5) is 5.69 Å². The van der Waals surface area contributed by atoms with Crippen LogP contribution in [0.5, 0.6) is 0 Å². The number of aryl methyl sites for hydroxylation is 2. The number of nitrogens with zero attached hydrogens (tertiary/aromatic N) is 1. The van der Waals surface area contributed by atoms with E-state index in [1.54, 1.807) is 23.5 Å². The van der Waals surface area contributed by atoms with Crippen molar-refractivity contribution >= 4 is 23.0 Å². The highest BCUT2D eigenvalue weighted by Gasteiger charge is 2.06. The highest BCUT2D eigenvalue weighted by molar-refractivity contribution is 7.11. The molecule has 1 aromatic carbocycles. The third-order valence-electron chi connectivity index (χ3n) is 2.61. The van der Waals surface area contributed by atoms with E-state index < -0.39 is 5.97 Å². The number of hydrogen-bond acceptors (Lipinski definition) is 4. The molecule has 4 nitrogen and oxygen atoms in total. The van der Waals surface area contributed by atoms with Crippen molar-refractivity contribution in [3.63, 3.8) is 0 Å². The van der Waals surface area contributed by atoms with Gasteiger partial charge in [-0.15, -0.1) is 11.3 Å². The Balaban J connectivity index is 2.13.